The summed E-state index contributed by atoms with van der Waals surface area (Å²) in [6.45, 7) is 4.04. The van der Waals surface area contributed by atoms with Crippen LogP contribution < -0.4 is 10.1 Å². The lowest BCUT2D eigenvalue weighted by atomic mass is 9.98. The highest BCUT2D eigenvalue weighted by Crippen LogP contribution is 2.26. The predicted octanol–water partition coefficient (Wildman–Crippen LogP) is 2.58. The number of rotatable bonds is 8. The topological polar surface area (TPSA) is 102 Å². The Morgan fingerprint density at radius 3 is 2.71 bits per heavy atom. The zero-order valence-electron chi connectivity index (χ0n) is 11.8. The summed E-state index contributed by atoms with van der Waals surface area (Å²) in [7, 11) is 0. The average Bonchev–Trinajstić information content (AvgIpc) is 2.38. The quantitative estimate of drug-likeness (QED) is 0.545. The number of hydrogen-bond acceptors (Lipinski definition) is 5. The van der Waals surface area contributed by atoms with Gasteiger partial charge in [-0.2, -0.15) is 0 Å². The first kappa shape index (κ1) is 17.4. The first-order valence-corrected chi connectivity index (χ1v) is 7.14. The second-order valence-electron chi connectivity index (χ2n) is 4.67. The van der Waals surface area contributed by atoms with Crippen molar-refractivity contribution in [3.8, 4) is 5.75 Å². The number of carboxylic acid groups (broad SMARTS) is 1. The van der Waals surface area contributed by atoms with Gasteiger partial charge < -0.3 is 15.2 Å². The van der Waals surface area contributed by atoms with Gasteiger partial charge in [-0.3, -0.25) is 14.9 Å². The number of nitro groups is 1. The zero-order valence-corrected chi connectivity index (χ0v) is 13.3. The van der Waals surface area contributed by atoms with Gasteiger partial charge >= 0.3 is 5.97 Å². The zero-order chi connectivity index (χ0) is 16.0. The Bertz CT molecular complexity index is 537. The summed E-state index contributed by atoms with van der Waals surface area (Å²) >= 11 is 3.17. The van der Waals surface area contributed by atoms with Crippen LogP contribution in [0.2, 0.25) is 0 Å². The number of benzene rings is 1. The monoisotopic (exact) mass is 360 g/mol. The smallest absolute Gasteiger partial charge is 0.323 e. The van der Waals surface area contributed by atoms with Crippen LogP contribution in [0.25, 0.3) is 0 Å². The van der Waals surface area contributed by atoms with E-state index in [2.05, 4.69) is 21.2 Å². The molecule has 1 atom stereocenters. The van der Waals surface area contributed by atoms with Gasteiger partial charge in [0.15, 0.2) is 0 Å². The van der Waals surface area contributed by atoms with Crippen molar-refractivity contribution in [2.24, 2.45) is 0 Å². The van der Waals surface area contributed by atoms with Crippen LogP contribution in [0.15, 0.2) is 22.7 Å². The number of aliphatic carboxylic acids is 1. The SMILES string of the molecule is CCNC(C)(CCOc1cc(Br)cc([N+](=O)[O-])c1)C(=O)O. The number of nitrogens with zero attached hydrogens (tertiary/aromatic N) is 1. The predicted molar refractivity (Wildman–Crippen MR) is 80.6 cm³/mol. The summed E-state index contributed by atoms with van der Waals surface area (Å²) in [6.07, 6.45) is 0.233. The Balaban J connectivity index is 2.71. The molecule has 0 amide bonds. The Labute approximate surface area is 130 Å². The van der Waals surface area contributed by atoms with Gasteiger partial charge in [0.2, 0.25) is 0 Å². The standard InChI is InChI=1S/C13H17BrN2O5/c1-3-15-13(2,12(17)18)4-5-21-11-7-9(14)6-10(8-11)16(19)20/h6-8,15H,3-5H2,1-2H3,(H,17,18). The highest BCUT2D eigenvalue weighted by molar-refractivity contribution is 9.10. The molecule has 1 rings (SSSR count). The molecule has 0 radical (unpaired) electrons. The molecule has 8 heteroatoms. The molecule has 1 aromatic carbocycles. The van der Waals surface area contributed by atoms with Gasteiger partial charge in [0.05, 0.1) is 17.6 Å². The molecular formula is C13H17BrN2O5. The van der Waals surface area contributed by atoms with Crippen LogP contribution in [0.5, 0.6) is 5.75 Å². The Morgan fingerprint density at radius 2 is 2.19 bits per heavy atom. The molecule has 0 fully saturated rings. The second-order valence-corrected chi connectivity index (χ2v) is 5.58. The Morgan fingerprint density at radius 1 is 1.52 bits per heavy atom. The van der Waals surface area contributed by atoms with E-state index in [4.69, 9.17) is 4.74 Å². The summed E-state index contributed by atoms with van der Waals surface area (Å²) in [5.41, 5.74) is -1.18. The fraction of sp³-hybridized carbons (Fsp3) is 0.462. The van der Waals surface area contributed by atoms with E-state index in [9.17, 15) is 20.0 Å². The largest absolute Gasteiger partial charge is 0.493 e. The van der Waals surface area contributed by atoms with Crippen LogP contribution in [0, 0.1) is 10.1 Å². The molecule has 0 spiro atoms. The van der Waals surface area contributed by atoms with Gasteiger partial charge in [-0.1, -0.05) is 22.9 Å². The third kappa shape index (κ3) is 4.98. The molecule has 116 valence electrons. The van der Waals surface area contributed by atoms with E-state index in [1.165, 1.54) is 12.1 Å². The van der Waals surface area contributed by atoms with Crippen molar-refractivity contribution in [3.05, 3.63) is 32.8 Å². The normalized spacial score (nSPS) is 13.5. The van der Waals surface area contributed by atoms with Crippen LogP contribution in [0.1, 0.15) is 20.3 Å². The van der Waals surface area contributed by atoms with Crippen molar-refractivity contribution < 1.29 is 19.6 Å². The summed E-state index contributed by atoms with van der Waals surface area (Å²) in [4.78, 5) is 21.5. The molecule has 0 heterocycles. The van der Waals surface area contributed by atoms with Crippen molar-refractivity contribution in [1.29, 1.82) is 0 Å². The second kappa shape index (κ2) is 7.37. The molecule has 0 bridgehead atoms. The molecule has 0 aliphatic carbocycles. The first-order chi connectivity index (χ1) is 9.78. The average molecular weight is 361 g/mol. The van der Waals surface area contributed by atoms with Gasteiger partial charge in [0.1, 0.15) is 11.3 Å². The fourth-order valence-electron chi connectivity index (χ4n) is 1.77. The van der Waals surface area contributed by atoms with Crippen molar-refractivity contribution >= 4 is 27.6 Å². The van der Waals surface area contributed by atoms with E-state index < -0.39 is 16.4 Å². The van der Waals surface area contributed by atoms with Crippen LogP contribution in [0.3, 0.4) is 0 Å². The fourth-order valence-corrected chi connectivity index (χ4v) is 2.23. The van der Waals surface area contributed by atoms with Crippen molar-refractivity contribution in [2.45, 2.75) is 25.8 Å². The van der Waals surface area contributed by atoms with Gasteiger partial charge in [-0.25, -0.2) is 0 Å². The number of halogens is 1. The number of nitrogens with one attached hydrogen (secondary N) is 1. The van der Waals surface area contributed by atoms with Crippen LogP contribution in [-0.2, 0) is 4.79 Å². The molecule has 0 saturated carbocycles. The molecule has 21 heavy (non-hydrogen) atoms. The van der Waals surface area contributed by atoms with Crippen LogP contribution in [0.4, 0.5) is 5.69 Å². The van der Waals surface area contributed by atoms with E-state index >= 15 is 0 Å². The van der Waals surface area contributed by atoms with Gasteiger partial charge in [0.25, 0.3) is 5.69 Å². The highest BCUT2D eigenvalue weighted by Gasteiger charge is 2.31. The molecule has 0 aliphatic heterocycles. The number of ether oxygens (including phenoxy) is 1. The summed E-state index contributed by atoms with van der Waals surface area (Å²) < 4.78 is 5.96. The maximum atomic E-state index is 11.2. The summed E-state index contributed by atoms with van der Waals surface area (Å²) in [5.74, 6) is -0.645. The lowest BCUT2D eigenvalue weighted by molar-refractivity contribution is -0.385. The van der Waals surface area contributed by atoms with Gasteiger partial charge in [-0.15, -0.1) is 0 Å². The minimum absolute atomic E-state index is 0.0907. The van der Waals surface area contributed by atoms with Crippen LogP contribution in [-0.4, -0.2) is 34.7 Å². The maximum absolute atomic E-state index is 11.2. The van der Waals surface area contributed by atoms with E-state index in [-0.39, 0.29) is 18.7 Å². The van der Waals surface area contributed by atoms with Crippen molar-refractivity contribution in [3.63, 3.8) is 0 Å². The van der Waals surface area contributed by atoms with E-state index in [1.54, 1.807) is 13.0 Å². The molecular weight excluding hydrogens is 344 g/mol. The molecule has 7 nitrogen and oxygen atoms in total. The minimum Gasteiger partial charge on any atom is -0.493 e. The minimum atomic E-state index is -1.09. The van der Waals surface area contributed by atoms with Gasteiger partial charge in [-0.05, 0) is 19.5 Å². The molecule has 1 unspecified atom stereocenters. The van der Waals surface area contributed by atoms with E-state index in [1.807, 2.05) is 6.92 Å². The molecule has 0 aromatic heterocycles. The Hall–Kier alpha value is -1.67. The number of nitro benzene ring substituents is 1. The van der Waals surface area contributed by atoms with Crippen molar-refractivity contribution in [2.75, 3.05) is 13.2 Å². The molecule has 1 aromatic rings. The number of non-ortho nitro benzene ring substituents is 1. The number of likely N-dealkylation sites (N-methyl/N-ethyl adjacent to an activating group) is 1. The summed E-state index contributed by atoms with van der Waals surface area (Å²) in [5, 5.41) is 22.9. The molecule has 0 saturated heterocycles. The number of carbonyl (C=O) groups is 1. The lowest BCUT2D eigenvalue weighted by Gasteiger charge is -2.25. The van der Waals surface area contributed by atoms with Crippen LogP contribution >= 0.6 is 15.9 Å². The molecule has 2 N–H and O–H groups in total. The molecule has 0 aliphatic rings. The third-order valence-corrected chi connectivity index (χ3v) is 3.43. The van der Waals surface area contributed by atoms with Crippen molar-refractivity contribution in [1.82, 2.24) is 5.32 Å². The van der Waals surface area contributed by atoms with E-state index in [0.29, 0.717) is 16.8 Å². The maximum Gasteiger partial charge on any atom is 0.323 e. The van der Waals surface area contributed by atoms with E-state index in [0.717, 1.165) is 0 Å². The highest BCUT2D eigenvalue weighted by atomic mass is 79.9. The lowest BCUT2D eigenvalue weighted by Crippen LogP contribution is -2.50. The first-order valence-electron chi connectivity index (χ1n) is 6.34. The summed E-state index contributed by atoms with van der Waals surface area (Å²) in [6, 6.07) is 4.27. The number of hydrogen-bond donors (Lipinski definition) is 2. The third-order valence-electron chi connectivity index (χ3n) is 2.98. The number of carboxylic acids is 1. The van der Waals surface area contributed by atoms with Gasteiger partial charge in [0, 0.05) is 17.0 Å². The Kier molecular flexibility index (Phi) is 6.10.